The van der Waals surface area contributed by atoms with Crippen molar-refractivity contribution in [3.8, 4) is 0 Å². The Kier molecular flexibility index (Phi) is 10.7. The van der Waals surface area contributed by atoms with E-state index in [1.807, 2.05) is 11.8 Å². The van der Waals surface area contributed by atoms with Crippen LogP contribution in [0.2, 0.25) is 0 Å². The van der Waals surface area contributed by atoms with Crippen molar-refractivity contribution in [3.63, 3.8) is 0 Å². The highest BCUT2D eigenvalue weighted by atomic mass is 127. The highest BCUT2D eigenvalue weighted by Gasteiger charge is 2.16. The predicted molar refractivity (Wildman–Crippen MR) is 111 cm³/mol. The number of rotatable bonds is 6. The summed E-state index contributed by atoms with van der Waals surface area (Å²) in [6.45, 7) is 3.37. The normalized spacial score (nSPS) is 19.3. The van der Waals surface area contributed by atoms with Crippen LogP contribution in [0.4, 0.5) is 4.39 Å². The number of thioether (sulfide) groups is 1. The monoisotopic (exact) mass is 467 g/mol. The van der Waals surface area contributed by atoms with Crippen molar-refractivity contribution < 1.29 is 9.13 Å². The van der Waals surface area contributed by atoms with Gasteiger partial charge in [0, 0.05) is 25.4 Å². The molecule has 1 aromatic rings. The van der Waals surface area contributed by atoms with E-state index in [-0.39, 0.29) is 35.9 Å². The average molecular weight is 467 g/mol. The fourth-order valence-electron chi connectivity index (χ4n) is 2.54. The second-order valence-corrected chi connectivity index (χ2v) is 6.70. The number of nitrogens with zero attached hydrogens (tertiary/aromatic N) is 1. The highest BCUT2D eigenvalue weighted by Crippen LogP contribution is 2.18. The third-order valence-electron chi connectivity index (χ3n) is 3.79. The molecule has 2 unspecified atom stereocenters. The Bertz CT molecular complexity index is 495. The maximum Gasteiger partial charge on any atom is 0.191 e. The van der Waals surface area contributed by atoms with Gasteiger partial charge in [0.25, 0.3) is 0 Å². The maximum absolute atomic E-state index is 13.0. The van der Waals surface area contributed by atoms with E-state index in [1.54, 1.807) is 19.2 Å². The van der Waals surface area contributed by atoms with Gasteiger partial charge in [-0.15, -0.1) is 24.0 Å². The number of guanidine groups is 1. The first kappa shape index (κ1) is 21.5. The summed E-state index contributed by atoms with van der Waals surface area (Å²) >= 11 is 1.98. The van der Waals surface area contributed by atoms with E-state index in [0.29, 0.717) is 12.6 Å². The van der Waals surface area contributed by atoms with Crippen molar-refractivity contribution in [1.82, 2.24) is 10.6 Å². The van der Waals surface area contributed by atoms with E-state index >= 15 is 0 Å². The minimum atomic E-state index is -0.239. The van der Waals surface area contributed by atoms with Crippen LogP contribution in [-0.4, -0.2) is 43.7 Å². The number of aliphatic imine (C=N–C) groups is 1. The molecule has 7 heteroatoms. The van der Waals surface area contributed by atoms with Gasteiger partial charge in [0.2, 0.25) is 0 Å². The molecule has 24 heavy (non-hydrogen) atoms. The Morgan fingerprint density at radius 2 is 2.17 bits per heavy atom. The summed E-state index contributed by atoms with van der Waals surface area (Å²) in [4.78, 5) is 4.64. The van der Waals surface area contributed by atoms with Crippen LogP contribution in [-0.2, 0) is 4.74 Å². The topological polar surface area (TPSA) is 45.7 Å². The summed E-state index contributed by atoms with van der Waals surface area (Å²) in [5.74, 6) is 2.96. The standard InChI is InChI=1S/C17H26FN3OS.HI/c1-3-19-17(21-15-5-4-10-23-12-15)20-11-16(22-2)13-6-8-14(18)9-7-13;/h6-9,15-16H,3-5,10-12H2,1-2H3,(H2,19,20,21);1H. The molecule has 0 spiro atoms. The first-order valence-corrected chi connectivity index (χ1v) is 9.29. The smallest absolute Gasteiger partial charge is 0.191 e. The molecule has 0 saturated carbocycles. The molecule has 2 rings (SSSR count). The van der Waals surface area contributed by atoms with Crippen LogP contribution in [0, 0.1) is 5.82 Å². The minimum absolute atomic E-state index is 0. The van der Waals surface area contributed by atoms with E-state index in [9.17, 15) is 4.39 Å². The van der Waals surface area contributed by atoms with Gasteiger partial charge < -0.3 is 15.4 Å². The highest BCUT2D eigenvalue weighted by molar-refractivity contribution is 14.0. The van der Waals surface area contributed by atoms with Gasteiger partial charge in [0.1, 0.15) is 11.9 Å². The van der Waals surface area contributed by atoms with E-state index in [2.05, 4.69) is 22.5 Å². The first-order chi connectivity index (χ1) is 11.2. The van der Waals surface area contributed by atoms with Gasteiger partial charge >= 0.3 is 0 Å². The molecule has 1 heterocycles. The van der Waals surface area contributed by atoms with E-state index in [1.165, 1.54) is 30.7 Å². The molecule has 0 bridgehead atoms. The van der Waals surface area contributed by atoms with Crippen LogP contribution in [0.1, 0.15) is 31.4 Å². The predicted octanol–water partition coefficient (Wildman–Crippen LogP) is 3.58. The zero-order valence-electron chi connectivity index (χ0n) is 14.3. The molecule has 0 amide bonds. The number of ether oxygens (including phenoxy) is 1. The number of halogens is 2. The zero-order chi connectivity index (χ0) is 16.5. The van der Waals surface area contributed by atoms with Crippen LogP contribution in [0.15, 0.2) is 29.3 Å². The second-order valence-electron chi connectivity index (χ2n) is 5.55. The van der Waals surface area contributed by atoms with Gasteiger partial charge in [0.05, 0.1) is 6.54 Å². The molecule has 1 aliphatic heterocycles. The largest absolute Gasteiger partial charge is 0.375 e. The summed E-state index contributed by atoms with van der Waals surface area (Å²) < 4.78 is 18.5. The summed E-state index contributed by atoms with van der Waals surface area (Å²) in [5.41, 5.74) is 0.932. The number of hydrogen-bond donors (Lipinski definition) is 2. The second kappa shape index (κ2) is 11.9. The van der Waals surface area contributed by atoms with Crippen molar-refractivity contribution in [2.75, 3.05) is 31.7 Å². The zero-order valence-corrected chi connectivity index (χ0v) is 17.4. The summed E-state index contributed by atoms with van der Waals surface area (Å²) in [6, 6.07) is 6.87. The number of methoxy groups -OCH3 is 1. The van der Waals surface area contributed by atoms with Crippen LogP contribution in [0.5, 0.6) is 0 Å². The van der Waals surface area contributed by atoms with E-state index < -0.39 is 0 Å². The molecule has 0 aromatic heterocycles. The van der Waals surface area contributed by atoms with Crippen LogP contribution in [0.3, 0.4) is 0 Å². The Balaban J connectivity index is 0.00000288. The van der Waals surface area contributed by atoms with Crippen LogP contribution in [0.25, 0.3) is 0 Å². The number of benzene rings is 1. The third kappa shape index (κ3) is 7.14. The summed E-state index contributed by atoms with van der Waals surface area (Å²) in [7, 11) is 1.65. The van der Waals surface area contributed by atoms with Gasteiger partial charge in [-0.3, -0.25) is 4.99 Å². The SMILES string of the molecule is CCNC(=NCC(OC)c1ccc(F)cc1)NC1CCCSC1.I. The lowest BCUT2D eigenvalue weighted by Gasteiger charge is -2.25. The fourth-order valence-corrected chi connectivity index (χ4v) is 3.61. The van der Waals surface area contributed by atoms with Crippen molar-refractivity contribution >= 4 is 41.7 Å². The molecule has 1 aromatic carbocycles. The fraction of sp³-hybridized carbons (Fsp3) is 0.588. The lowest BCUT2D eigenvalue weighted by Crippen LogP contribution is -2.45. The summed E-state index contributed by atoms with van der Waals surface area (Å²) in [6.07, 6.45) is 2.26. The minimum Gasteiger partial charge on any atom is -0.375 e. The van der Waals surface area contributed by atoms with Crippen molar-refractivity contribution in [2.24, 2.45) is 4.99 Å². The molecular weight excluding hydrogens is 440 g/mol. The van der Waals surface area contributed by atoms with Gasteiger partial charge in [-0.25, -0.2) is 4.39 Å². The summed E-state index contributed by atoms with van der Waals surface area (Å²) in [5, 5.41) is 6.78. The molecule has 1 saturated heterocycles. The molecule has 0 aliphatic carbocycles. The lowest BCUT2D eigenvalue weighted by molar-refractivity contribution is 0.111. The Morgan fingerprint density at radius 1 is 1.42 bits per heavy atom. The van der Waals surface area contributed by atoms with Crippen molar-refractivity contribution in [3.05, 3.63) is 35.6 Å². The Labute approximate surface area is 165 Å². The molecule has 2 atom stereocenters. The Hall–Kier alpha value is -0.540. The number of nitrogens with one attached hydrogen (secondary N) is 2. The van der Waals surface area contributed by atoms with Crippen molar-refractivity contribution in [2.45, 2.75) is 31.9 Å². The van der Waals surface area contributed by atoms with E-state index in [0.717, 1.165) is 23.8 Å². The van der Waals surface area contributed by atoms with E-state index in [4.69, 9.17) is 4.74 Å². The van der Waals surface area contributed by atoms with Gasteiger partial charge in [0.15, 0.2) is 5.96 Å². The van der Waals surface area contributed by atoms with Gasteiger partial charge in [-0.05, 0) is 43.2 Å². The molecule has 136 valence electrons. The average Bonchev–Trinajstić information content (AvgIpc) is 2.58. The van der Waals surface area contributed by atoms with Gasteiger partial charge in [-0.2, -0.15) is 11.8 Å². The van der Waals surface area contributed by atoms with Crippen LogP contribution >= 0.6 is 35.7 Å². The van der Waals surface area contributed by atoms with Crippen molar-refractivity contribution in [1.29, 1.82) is 0 Å². The first-order valence-electron chi connectivity index (χ1n) is 8.13. The molecule has 2 N–H and O–H groups in total. The molecule has 0 radical (unpaired) electrons. The van der Waals surface area contributed by atoms with Crippen LogP contribution < -0.4 is 10.6 Å². The molecular formula is C17H27FIN3OS. The third-order valence-corrected chi connectivity index (χ3v) is 5.00. The lowest BCUT2D eigenvalue weighted by atomic mass is 10.1. The molecule has 4 nitrogen and oxygen atoms in total. The molecule has 1 aliphatic rings. The number of hydrogen-bond acceptors (Lipinski definition) is 3. The molecule has 1 fully saturated rings. The maximum atomic E-state index is 13.0. The Morgan fingerprint density at radius 3 is 2.75 bits per heavy atom. The quantitative estimate of drug-likeness (QED) is 0.382. The van der Waals surface area contributed by atoms with Gasteiger partial charge in [-0.1, -0.05) is 12.1 Å².